The average Bonchev–Trinajstić information content (AvgIpc) is 2.40. The highest BCUT2D eigenvalue weighted by Crippen LogP contribution is 2.29. The van der Waals surface area contributed by atoms with Gasteiger partial charge in [0, 0.05) is 11.8 Å². The van der Waals surface area contributed by atoms with Gasteiger partial charge in [-0.1, -0.05) is 0 Å². The van der Waals surface area contributed by atoms with Gasteiger partial charge >= 0.3 is 0 Å². The van der Waals surface area contributed by atoms with Crippen LogP contribution in [-0.2, 0) is 0 Å². The Labute approximate surface area is 102 Å². The molecule has 0 aliphatic carbocycles. The number of nitrogens with zero attached hydrogens (tertiary/aromatic N) is 1. The fourth-order valence-electron chi connectivity index (χ4n) is 2.28. The number of ether oxygens (including phenoxy) is 1. The summed E-state index contributed by atoms with van der Waals surface area (Å²) in [4.78, 5) is 4.12. The number of aromatic nitrogens is 1. The maximum atomic E-state index is 10.3. The van der Waals surface area contributed by atoms with Crippen molar-refractivity contribution in [1.82, 2.24) is 10.3 Å². The quantitative estimate of drug-likeness (QED) is 0.832. The Morgan fingerprint density at radius 2 is 2.24 bits per heavy atom. The molecule has 1 aromatic rings. The number of rotatable bonds is 4. The van der Waals surface area contributed by atoms with Crippen molar-refractivity contribution in [3.63, 3.8) is 0 Å². The largest absolute Gasteiger partial charge is 0.492 e. The number of aliphatic hydroxyl groups is 1. The monoisotopic (exact) mass is 236 g/mol. The second-order valence-electron chi connectivity index (χ2n) is 4.42. The van der Waals surface area contributed by atoms with E-state index in [1.165, 1.54) is 0 Å². The third-order valence-electron chi connectivity index (χ3n) is 3.22. The van der Waals surface area contributed by atoms with Gasteiger partial charge < -0.3 is 15.2 Å². The highest BCUT2D eigenvalue weighted by molar-refractivity contribution is 5.25. The molecule has 1 aliphatic rings. The van der Waals surface area contributed by atoms with Crippen LogP contribution in [0.2, 0.25) is 0 Å². The van der Waals surface area contributed by atoms with Gasteiger partial charge in [0.1, 0.15) is 5.75 Å². The van der Waals surface area contributed by atoms with Crippen LogP contribution in [0, 0.1) is 5.92 Å². The molecular formula is C13H20N2O2. The zero-order chi connectivity index (χ0) is 12.1. The zero-order valence-electron chi connectivity index (χ0n) is 10.2. The normalized spacial score (nSPS) is 18.9. The summed E-state index contributed by atoms with van der Waals surface area (Å²) in [5.41, 5.74) is 0.864. The van der Waals surface area contributed by atoms with Gasteiger partial charge in [-0.15, -0.1) is 0 Å². The van der Waals surface area contributed by atoms with E-state index in [-0.39, 0.29) is 0 Å². The standard InChI is InChI=1S/C13H20N2O2/c1-2-17-12-7-11(8-15-9-12)13(16)10-3-5-14-6-4-10/h7-10,13-14,16H,2-6H2,1H3. The minimum Gasteiger partial charge on any atom is -0.492 e. The summed E-state index contributed by atoms with van der Waals surface area (Å²) in [6.45, 7) is 4.53. The second-order valence-corrected chi connectivity index (χ2v) is 4.42. The van der Waals surface area contributed by atoms with Crippen molar-refractivity contribution >= 4 is 0 Å². The van der Waals surface area contributed by atoms with Crippen LogP contribution in [0.4, 0.5) is 0 Å². The zero-order valence-corrected chi connectivity index (χ0v) is 10.2. The predicted molar refractivity (Wildman–Crippen MR) is 66.0 cm³/mol. The van der Waals surface area contributed by atoms with Crippen LogP contribution in [-0.4, -0.2) is 29.8 Å². The van der Waals surface area contributed by atoms with Crippen molar-refractivity contribution in [1.29, 1.82) is 0 Å². The fourth-order valence-corrected chi connectivity index (χ4v) is 2.28. The van der Waals surface area contributed by atoms with Gasteiger partial charge in [-0.2, -0.15) is 0 Å². The van der Waals surface area contributed by atoms with Gasteiger partial charge in [0.05, 0.1) is 18.9 Å². The van der Waals surface area contributed by atoms with Crippen molar-refractivity contribution in [3.05, 3.63) is 24.0 Å². The fraction of sp³-hybridized carbons (Fsp3) is 0.615. The van der Waals surface area contributed by atoms with E-state index in [1.54, 1.807) is 12.4 Å². The first-order valence-electron chi connectivity index (χ1n) is 6.27. The van der Waals surface area contributed by atoms with Gasteiger partial charge in [0.2, 0.25) is 0 Å². The van der Waals surface area contributed by atoms with E-state index in [4.69, 9.17) is 4.74 Å². The number of piperidine rings is 1. The molecule has 4 nitrogen and oxygen atoms in total. The smallest absolute Gasteiger partial charge is 0.137 e. The molecule has 4 heteroatoms. The van der Waals surface area contributed by atoms with Gasteiger partial charge in [-0.25, -0.2) is 0 Å². The molecule has 0 saturated carbocycles. The summed E-state index contributed by atoms with van der Waals surface area (Å²) in [6.07, 6.45) is 5.02. The molecule has 17 heavy (non-hydrogen) atoms. The molecule has 1 aliphatic heterocycles. The van der Waals surface area contributed by atoms with E-state index < -0.39 is 6.10 Å². The van der Waals surface area contributed by atoms with Crippen LogP contribution in [0.25, 0.3) is 0 Å². The maximum Gasteiger partial charge on any atom is 0.137 e. The Bertz CT molecular complexity index is 351. The molecule has 94 valence electrons. The molecule has 0 radical (unpaired) electrons. The summed E-state index contributed by atoms with van der Waals surface area (Å²) in [6, 6.07) is 1.89. The lowest BCUT2D eigenvalue weighted by Gasteiger charge is -2.27. The summed E-state index contributed by atoms with van der Waals surface area (Å²) in [5.74, 6) is 1.06. The molecule has 0 spiro atoms. The molecule has 1 saturated heterocycles. The third-order valence-corrected chi connectivity index (χ3v) is 3.22. The van der Waals surface area contributed by atoms with E-state index in [0.29, 0.717) is 12.5 Å². The van der Waals surface area contributed by atoms with Crippen molar-refractivity contribution in [2.45, 2.75) is 25.9 Å². The molecule has 0 bridgehead atoms. The summed E-state index contributed by atoms with van der Waals surface area (Å²) < 4.78 is 5.40. The Balaban J connectivity index is 2.06. The molecule has 2 N–H and O–H groups in total. The third kappa shape index (κ3) is 3.17. The van der Waals surface area contributed by atoms with E-state index in [2.05, 4.69) is 10.3 Å². The predicted octanol–water partition coefficient (Wildman–Crippen LogP) is 1.51. The van der Waals surface area contributed by atoms with Crippen LogP contribution in [0.5, 0.6) is 5.75 Å². The Kier molecular flexibility index (Phi) is 4.34. The lowest BCUT2D eigenvalue weighted by Crippen LogP contribution is -2.30. The van der Waals surface area contributed by atoms with E-state index in [9.17, 15) is 5.11 Å². The number of hydrogen-bond donors (Lipinski definition) is 2. The molecular weight excluding hydrogens is 216 g/mol. The molecule has 1 fully saturated rings. The molecule has 0 amide bonds. The van der Waals surface area contributed by atoms with E-state index in [0.717, 1.165) is 37.2 Å². The lowest BCUT2D eigenvalue weighted by atomic mass is 9.89. The van der Waals surface area contributed by atoms with Gasteiger partial charge in [0.25, 0.3) is 0 Å². The van der Waals surface area contributed by atoms with Crippen molar-refractivity contribution < 1.29 is 9.84 Å². The second kappa shape index (κ2) is 5.98. The van der Waals surface area contributed by atoms with Crippen LogP contribution in [0.15, 0.2) is 18.5 Å². The Hall–Kier alpha value is -1.13. The summed E-state index contributed by atoms with van der Waals surface area (Å²) in [5, 5.41) is 13.6. The molecule has 2 heterocycles. The maximum absolute atomic E-state index is 10.3. The molecule has 1 aromatic heterocycles. The first-order valence-corrected chi connectivity index (χ1v) is 6.27. The van der Waals surface area contributed by atoms with E-state index >= 15 is 0 Å². The van der Waals surface area contributed by atoms with Gasteiger partial charge in [0.15, 0.2) is 0 Å². The topological polar surface area (TPSA) is 54.4 Å². The minimum absolute atomic E-state index is 0.329. The molecule has 1 unspecified atom stereocenters. The van der Waals surface area contributed by atoms with Gasteiger partial charge in [-0.3, -0.25) is 4.98 Å². The van der Waals surface area contributed by atoms with E-state index in [1.807, 2.05) is 13.0 Å². The number of aliphatic hydroxyl groups excluding tert-OH is 1. The first kappa shape index (κ1) is 12.3. The summed E-state index contributed by atoms with van der Waals surface area (Å²) in [7, 11) is 0. The number of pyridine rings is 1. The highest BCUT2D eigenvalue weighted by atomic mass is 16.5. The molecule has 2 rings (SSSR count). The molecule has 1 atom stereocenters. The SMILES string of the molecule is CCOc1cncc(C(O)C2CCNCC2)c1. The Morgan fingerprint density at radius 3 is 2.94 bits per heavy atom. The molecule has 0 aromatic carbocycles. The van der Waals surface area contributed by atoms with Crippen LogP contribution in [0.3, 0.4) is 0 Å². The average molecular weight is 236 g/mol. The van der Waals surface area contributed by atoms with Crippen LogP contribution >= 0.6 is 0 Å². The number of hydrogen-bond acceptors (Lipinski definition) is 4. The Morgan fingerprint density at radius 1 is 1.47 bits per heavy atom. The van der Waals surface area contributed by atoms with Crippen LogP contribution < -0.4 is 10.1 Å². The van der Waals surface area contributed by atoms with Crippen molar-refractivity contribution in [2.75, 3.05) is 19.7 Å². The number of nitrogens with one attached hydrogen (secondary N) is 1. The minimum atomic E-state index is -0.426. The highest BCUT2D eigenvalue weighted by Gasteiger charge is 2.23. The summed E-state index contributed by atoms with van der Waals surface area (Å²) >= 11 is 0. The van der Waals surface area contributed by atoms with Crippen molar-refractivity contribution in [2.24, 2.45) is 5.92 Å². The van der Waals surface area contributed by atoms with Crippen LogP contribution in [0.1, 0.15) is 31.4 Å². The van der Waals surface area contributed by atoms with Gasteiger partial charge in [-0.05, 0) is 44.8 Å². The van der Waals surface area contributed by atoms with Crippen molar-refractivity contribution in [3.8, 4) is 5.75 Å². The first-order chi connectivity index (χ1) is 8.31. The lowest BCUT2D eigenvalue weighted by molar-refractivity contribution is 0.0883.